The Balaban J connectivity index is 1.56. The second kappa shape index (κ2) is 9.67. The molecule has 2 atom stereocenters. The van der Waals surface area contributed by atoms with Gasteiger partial charge in [-0.2, -0.15) is 5.26 Å². The van der Waals surface area contributed by atoms with E-state index in [2.05, 4.69) is 13.0 Å². The minimum Gasteiger partial charge on any atom is -0.479 e. The molecule has 0 radical (unpaired) electrons. The normalized spacial score (nSPS) is 15.5. The lowest BCUT2D eigenvalue weighted by atomic mass is 9.83. The Kier molecular flexibility index (Phi) is 6.51. The number of carbonyl (C=O) groups excluding carboxylic acids is 1. The molecule has 0 aliphatic carbocycles. The molecule has 0 aromatic heterocycles. The third kappa shape index (κ3) is 4.71. The molecule has 0 bridgehead atoms. The number of aryl methyl sites for hydroxylation is 1. The fourth-order valence-corrected chi connectivity index (χ4v) is 3.75. The van der Waals surface area contributed by atoms with Crippen LogP contribution < -0.4 is 19.9 Å². The van der Waals surface area contributed by atoms with Gasteiger partial charge in [0.2, 0.25) is 5.88 Å². The van der Waals surface area contributed by atoms with Crippen LogP contribution in [-0.2, 0) is 11.2 Å². The van der Waals surface area contributed by atoms with Gasteiger partial charge in [-0.1, -0.05) is 37.3 Å². The van der Waals surface area contributed by atoms with Crippen LogP contribution >= 0.6 is 0 Å². The summed E-state index contributed by atoms with van der Waals surface area (Å²) in [7, 11) is 0. The van der Waals surface area contributed by atoms with Crippen molar-refractivity contribution in [3.05, 3.63) is 101 Å². The van der Waals surface area contributed by atoms with Crippen LogP contribution in [0.15, 0.2) is 78.2 Å². The Morgan fingerprint density at radius 3 is 2.44 bits per heavy atom. The highest BCUT2D eigenvalue weighted by Crippen LogP contribution is 2.43. The summed E-state index contributed by atoms with van der Waals surface area (Å²) in [6, 6.07) is 20.5. The van der Waals surface area contributed by atoms with E-state index in [1.807, 2.05) is 24.3 Å². The van der Waals surface area contributed by atoms with Gasteiger partial charge in [0.1, 0.15) is 34.7 Å². The maximum absolute atomic E-state index is 13.1. The molecule has 7 heteroatoms. The summed E-state index contributed by atoms with van der Waals surface area (Å²) in [5.41, 5.74) is 9.22. The first-order valence-corrected chi connectivity index (χ1v) is 10.8. The molecule has 6 nitrogen and oxygen atoms in total. The van der Waals surface area contributed by atoms with E-state index in [0.717, 1.165) is 17.5 Å². The molecule has 4 rings (SSSR count). The number of fused-ring (bicyclic) bond motifs is 1. The number of nitrogens with zero attached hydrogens (tertiary/aromatic N) is 1. The van der Waals surface area contributed by atoms with Crippen LogP contribution in [0.1, 0.15) is 36.5 Å². The first-order chi connectivity index (χ1) is 16.4. The second-order valence-corrected chi connectivity index (χ2v) is 7.85. The Morgan fingerprint density at radius 2 is 1.79 bits per heavy atom. The van der Waals surface area contributed by atoms with Crippen LogP contribution in [0.25, 0.3) is 0 Å². The quantitative estimate of drug-likeness (QED) is 0.414. The minimum absolute atomic E-state index is 0.0102. The molecular formula is C27H23FN2O4. The highest BCUT2D eigenvalue weighted by atomic mass is 19.1. The highest BCUT2D eigenvalue weighted by Gasteiger charge is 2.31. The van der Waals surface area contributed by atoms with Gasteiger partial charge in [0.15, 0.2) is 6.10 Å². The van der Waals surface area contributed by atoms with Crippen LogP contribution in [0.5, 0.6) is 17.2 Å². The van der Waals surface area contributed by atoms with Crippen LogP contribution in [0.4, 0.5) is 4.39 Å². The zero-order valence-electron chi connectivity index (χ0n) is 18.7. The summed E-state index contributed by atoms with van der Waals surface area (Å²) in [4.78, 5) is 12.5. The van der Waals surface area contributed by atoms with Gasteiger partial charge in [0.05, 0.1) is 5.92 Å². The topological polar surface area (TPSA) is 94.6 Å². The van der Waals surface area contributed by atoms with Gasteiger partial charge in [0.25, 0.3) is 0 Å². The monoisotopic (exact) mass is 458 g/mol. The molecule has 1 aliphatic rings. The lowest BCUT2D eigenvalue weighted by Crippen LogP contribution is -2.28. The Labute approximate surface area is 197 Å². The predicted molar refractivity (Wildman–Crippen MR) is 124 cm³/mol. The molecule has 172 valence electrons. The summed E-state index contributed by atoms with van der Waals surface area (Å²) in [6.07, 6.45) is -0.0198. The van der Waals surface area contributed by atoms with Crippen molar-refractivity contribution in [2.75, 3.05) is 0 Å². The number of ether oxygens (including phenoxy) is 3. The number of benzene rings is 3. The van der Waals surface area contributed by atoms with E-state index in [1.165, 1.54) is 36.8 Å². The van der Waals surface area contributed by atoms with E-state index in [0.29, 0.717) is 17.1 Å². The van der Waals surface area contributed by atoms with Crippen molar-refractivity contribution in [1.82, 2.24) is 0 Å². The van der Waals surface area contributed by atoms with Crippen molar-refractivity contribution < 1.29 is 23.4 Å². The van der Waals surface area contributed by atoms with Crippen molar-refractivity contribution in [2.24, 2.45) is 5.73 Å². The summed E-state index contributed by atoms with van der Waals surface area (Å²) >= 11 is 0. The maximum atomic E-state index is 13.1. The Bertz CT molecular complexity index is 1280. The second-order valence-electron chi connectivity index (χ2n) is 7.85. The van der Waals surface area contributed by atoms with Crippen LogP contribution in [0, 0.1) is 17.1 Å². The van der Waals surface area contributed by atoms with Crippen molar-refractivity contribution in [1.29, 1.82) is 5.26 Å². The number of hydrogen-bond donors (Lipinski definition) is 1. The number of carbonyl (C=O) groups is 1. The van der Waals surface area contributed by atoms with Crippen molar-refractivity contribution in [2.45, 2.75) is 32.3 Å². The molecule has 1 heterocycles. The Hall–Kier alpha value is -4.31. The molecule has 2 unspecified atom stereocenters. The van der Waals surface area contributed by atoms with Gasteiger partial charge >= 0.3 is 5.97 Å². The van der Waals surface area contributed by atoms with Gasteiger partial charge in [-0.15, -0.1) is 0 Å². The predicted octanol–water partition coefficient (Wildman–Crippen LogP) is 4.98. The number of nitrogens with two attached hydrogens (primary N) is 1. The van der Waals surface area contributed by atoms with E-state index < -0.39 is 23.8 Å². The van der Waals surface area contributed by atoms with Crippen molar-refractivity contribution in [3.63, 3.8) is 0 Å². The fraction of sp³-hybridized carbons (Fsp3) is 0.185. The molecular weight excluding hydrogens is 435 g/mol. The lowest BCUT2D eigenvalue weighted by Gasteiger charge is -2.27. The number of hydrogen-bond acceptors (Lipinski definition) is 6. The SMILES string of the molecule is CCc1ccc(C2C(C#N)=C(N)Oc3cc(OC(=O)C(C)Oc4ccc(F)cc4)ccc32)cc1. The van der Waals surface area contributed by atoms with E-state index in [9.17, 15) is 14.4 Å². The summed E-state index contributed by atoms with van der Waals surface area (Å²) < 4.78 is 29.7. The number of nitriles is 1. The lowest BCUT2D eigenvalue weighted by molar-refractivity contribution is -0.141. The molecule has 1 aliphatic heterocycles. The molecule has 2 N–H and O–H groups in total. The average molecular weight is 458 g/mol. The zero-order chi connectivity index (χ0) is 24.2. The summed E-state index contributed by atoms with van der Waals surface area (Å²) in [6.45, 7) is 3.61. The van der Waals surface area contributed by atoms with Crippen molar-refractivity contribution in [3.8, 4) is 23.3 Å². The zero-order valence-corrected chi connectivity index (χ0v) is 18.7. The van der Waals surface area contributed by atoms with Gasteiger partial charge in [0, 0.05) is 11.6 Å². The smallest absolute Gasteiger partial charge is 0.352 e. The standard InChI is InChI=1S/C27H23FN2O4/c1-3-17-4-6-18(7-5-17)25-22-13-12-21(14-24(22)34-26(30)23(25)15-29)33-27(31)16(2)32-20-10-8-19(28)9-11-20/h4-14,16,25H,3,30H2,1-2H3. The largest absolute Gasteiger partial charge is 0.479 e. The van der Waals surface area contributed by atoms with E-state index >= 15 is 0 Å². The molecule has 3 aromatic rings. The molecule has 0 saturated carbocycles. The summed E-state index contributed by atoms with van der Waals surface area (Å²) in [5.74, 6) is -0.429. The van der Waals surface area contributed by atoms with E-state index in [-0.39, 0.29) is 11.6 Å². The fourth-order valence-electron chi connectivity index (χ4n) is 3.75. The third-order valence-corrected chi connectivity index (χ3v) is 5.59. The minimum atomic E-state index is -0.928. The van der Waals surface area contributed by atoms with Gasteiger partial charge in [-0.25, -0.2) is 9.18 Å². The molecule has 0 saturated heterocycles. The number of esters is 1. The third-order valence-electron chi connectivity index (χ3n) is 5.59. The van der Waals surface area contributed by atoms with E-state index in [1.54, 1.807) is 18.2 Å². The molecule has 34 heavy (non-hydrogen) atoms. The van der Waals surface area contributed by atoms with Crippen LogP contribution in [-0.4, -0.2) is 12.1 Å². The molecule has 0 spiro atoms. The number of rotatable bonds is 6. The highest BCUT2D eigenvalue weighted by molar-refractivity contribution is 5.77. The van der Waals surface area contributed by atoms with Crippen molar-refractivity contribution >= 4 is 5.97 Å². The first-order valence-electron chi connectivity index (χ1n) is 10.8. The van der Waals surface area contributed by atoms with E-state index in [4.69, 9.17) is 19.9 Å². The van der Waals surface area contributed by atoms with Crippen LogP contribution in [0.2, 0.25) is 0 Å². The van der Waals surface area contributed by atoms with Gasteiger partial charge in [-0.3, -0.25) is 0 Å². The molecule has 3 aromatic carbocycles. The molecule has 0 amide bonds. The maximum Gasteiger partial charge on any atom is 0.352 e. The number of halogens is 1. The number of allylic oxidation sites excluding steroid dienone is 1. The average Bonchev–Trinajstić information content (AvgIpc) is 2.84. The molecule has 0 fully saturated rings. The first kappa shape index (κ1) is 22.9. The summed E-state index contributed by atoms with van der Waals surface area (Å²) in [5, 5.41) is 9.72. The van der Waals surface area contributed by atoms with Gasteiger partial charge < -0.3 is 19.9 Å². The van der Waals surface area contributed by atoms with Gasteiger partial charge in [-0.05, 0) is 54.8 Å². The Morgan fingerprint density at radius 1 is 1.12 bits per heavy atom. The van der Waals surface area contributed by atoms with Crippen LogP contribution in [0.3, 0.4) is 0 Å².